The van der Waals surface area contributed by atoms with Gasteiger partial charge in [-0.1, -0.05) is 18.2 Å². The Morgan fingerprint density at radius 1 is 0.974 bits per heavy atom. The zero-order chi connectivity index (χ0) is 28.5. The van der Waals surface area contributed by atoms with E-state index in [1.807, 2.05) is 6.07 Å². The molecule has 1 amide bonds. The van der Waals surface area contributed by atoms with Crippen LogP contribution in [0.15, 0.2) is 54.6 Å². The summed E-state index contributed by atoms with van der Waals surface area (Å²) in [4.78, 5) is 23.1. The van der Waals surface area contributed by atoms with Crippen molar-refractivity contribution in [1.29, 1.82) is 0 Å². The average molecular weight is 539 g/mol. The number of anilines is 1. The number of rotatable bonds is 7. The Hall–Kier alpha value is -4.34. The molecule has 0 aliphatic carbocycles. The first kappa shape index (κ1) is 27.7. The molecule has 0 bridgehead atoms. The van der Waals surface area contributed by atoms with Crippen LogP contribution >= 0.6 is 0 Å². The lowest BCUT2D eigenvalue weighted by molar-refractivity contribution is -0.137. The standard InChI is InChI=1S/C29H29F3N4O3/c1-16(18-8-7-9-20(12-18)29(30,31)32)33-27-23-14-22(26(39-6)15-24(23)34-17(2)35-27)19-10-11-21(25(13-19)38-5)28(37)36(3)4/h7-16H,1-6H3,(H,33,34,35)/t16-/m1/s1. The van der Waals surface area contributed by atoms with E-state index in [-0.39, 0.29) is 5.91 Å². The van der Waals surface area contributed by atoms with E-state index in [0.29, 0.717) is 50.7 Å². The summed E-state index contributed by atoms with van der Waals surface area (Å²) in [6.45, 7) is 3.51. The number of alkyl halides is 3. The largest absolute Gasteiger partial charge is 0.496 e. The van der Waals surface area contributed by atoms with Crippen LogP contribution in [0.3, 0.4) is 0 Å². The van der Waals surface area contributed by atoms with Crippen LogP contribution in [-0.4, -0.2) is 49.1 Å². The molecule has 0 aliphatic heterocycles. The highest BCUT2D eigenvalue weighted by atomic mass is 19.4. The number of halogens is 3. The number of aromatic nitrogens is 2. The Morgan fingerprint density at radius 2 is 1.69 bits per heavy atom. The SMILES string of the molecule is COc1cc(-c2cc3c(N[C@H](C)c4cccc(C(F)(F)F)c4)nc(C)nc3cc2OC)ccc1C(=O)N(C)C. The van der Waals surface area contributed by atoms with Gasteiger partial charge < -0.3 is 19.7 Å². The van der Waals surface area contributed by atoms with Gasteiger partial charge in [-0.15, -0.1) is 0 Å². The second kappa shape index (κ2) is 10.8. The average Bonchev–Trinajstić information content (AvgIpc) is 2.91. The third kappa shape index (κ3) is 5.74. The zero-order valence-corrected chi connectivity index (χ0v) is 22.5. The Bertz CT molecular complexity index is 1540. The Morgan fingerprint density at radius 3 is 2.33 bits per heavy atom. The number of hydrogen-bond donors (Lipinski definition) is 1. The molecule has 0 saturated carbocycles. The van der Waals surface area contributed by atoms with Crippen molar-refractivity contribution in [3.05, 3.63) is 77.1 Å². The summed E-state index contributed by atoms with van der Waals surface area (Å²) in [7, 11) is 6.38. The molecule has 0 saturated heterocycles. The lowest BCUT2D eigenvalue weighted by atomic mass is 9.99. The Labute approximate surface area is 224 Å². The molecule has 7 nitrogen and oxygen atoms in total. The molecule has 4 aromatic rings. The summed E-state index contributed by atoms with van der Waals surface area (Å²) < 4.78 is 51.0. The van der Waals surface area contributed by atoms with Crippen molar-refractivity contribution in [2.24, 2.45) is 0 Å². The number of carbonyl (C=O) groups excluding carboxylic acids is 1. The van der Waals surface area contributed by atoms with Gasteiger partial charge in [-0.2, -0.15) is 13.2 Å². The molecule has 0 fully saturated rings. The molecule has 39 heavy (non-hydrogen) atoms. The van der Waals surface area contributed by atoms with Gasteiger partial charge in [0.25, 0.3) is 5.91 Å². The number of ether oxygens (including phenoxy) is 2. The number of amides is 1. The predicted molar refractivity (Wildman–Crippen MR) is 144 cm³/mol. The second-order valence-corrected chi connectivity index (χ2v) is 9.29. The van der Waals surface area contributed by atoms with Crippen molar-refractivity contribution in [2.45, 2.75) is 26.1 Å². The molecule has 4 rings (SSSR count). The smallest absolute Gasteiger partial charge is 0.416 e. The van der Waals surface area contributed by atoms with Crippen molar-refractivity contribution in [3.63, 3.8) is 0 Å². The number of fused-ring (bicyclic) bond motifs is 1. The van der Waals surface area contributed by atoms with Crippen LogP contribution in [0.5, 0.6) is 11.5 Å². The maximum absolute atomic E-state index is 13.3. The lowest BCUT2D eigenvalue weighted by Crippen LogP contribution is -2.22. The number of benzene rings is 3. The molecule has 10 heteroatoms. The highest BCUT2D eigenvalue weighted by molar-refractivity contribution is 5.99. The summed E-state index contributed by atoms with van der Waals surface area (Å²) in [5.41, 5.74) is 2.21. The van der Waals surface area contributed by atoms with E-state index < -0.39 is 17.8 Å². The minimum Gasteiger partial charge on any atom is -0.496 e. The highest BCUT2D eigenvalue weighted by Crippen LogP contribution is 2.39. The first-order valence-electron chi connectivity index (χ1n) is 12.1. The fourth-order valence-electron chi connectivity index (χ4n) is 4.33. The predicted octanol–water partition coefficient (Wildman–Crippen LogP) is 6.52. The lowest BCUT2D eigenvalue weighted by Gasteiger charge is -2.19. The maximum Gasteiger partial charge on any atom is 0.416 e. The van der Waals surface area contributed by atoms with E-state index >= 15 is 0 Å². The molecule has 204 valence electrons. The first-order chi connectivity index (χ1) is 18.4. The maximum atomic E-state index is 13.3. The number of aryl methyl sites for hydroxylation is 1. The molecule has 1 heterocycles. The fraction of sp³-hybridized carbons (Fsp3) is 0.276. The normalized spacial score (nSPS) is 12.2. The minimum absolute atomic E-state index is 0.192. The van der Waals surface area contributed by atoms with Crippen molar-refractivity contribution >= 4 is 22.6 Å². The van der Waals surface area contributed by atoms with E-state index in [4.69, 9.17) is 9.47 Å². The number of nitrogens with zero attached hydrogens (tertiary/aromatic N) is 3. The van der Waals surface area contributed by atoms with Crippen LogP contribution in [0.2, 0.25) is 0 Å². The molecular weight excluding hydrogens is 509 g/mol. The van der Waals surface area contributed by atoms with Crippen molar-refractivity contribution in [2.75, 3.05) is 33.6 Å². The van der Waals surface area contributed by atoms with Gasteiger partial charge in [-0.05, 0) is 55.3 Å². The summed E-state index contributed by atoms with van der Waals surface area (Å²) in [5, 5.41) is 3.92. The zero-order valence-electron chi connectivity index (χ0n) is 22.5. The van der Waals surface area contributed by atoms with Crippen molar-refractivity contribution in [1.82, 2.24) is 14.9 Å². The molecular formula is C29H29F3N4O3. The van der Waals surface area contributed by atoms with E-state index in [9.17, 15) is 18.0 Å². The van der Waals surface area contributed by atoms with Crippen LogP contribution in [-0.2, 0) is 6.18 Å². The van der Waals surface area contributed by atoms with Gasteiger partial charge >= 0.3 is 6.18 Å². The minimum atomic E-state index is -4.44. The number of methoxy groups -OCH3 is 2. The van der Waals surface area contributed by atoms with Gasteiger partial charge in [-0.3, -0.25) is 4.79 Å². The van der Waals surface area contributed by atoms with Gasteiger partial charge in [0.1, 0.15) is 23.1 Å². The fourth-order valence-corrected chi connectivity index (χ4v) is 4.33. The molecule has 0 spiro atoms. The summed E-state index contributed by atoms with van der Waals surface area (Å²) in [6.07, 6.45) is -4.44. The molecule has 0 radical (unpaired) electrons. The van der Waals surface area contributed by atoms with Crippen molar-refractivity contribution < 1.29 is 27.4 Å². The summed E-state index contributed by atoms with van der Waals surface area (Å²) in [6, 6.07) is 13.6. The molecule has 1 atom stereocenters. The van der Waals surface area contributed by atoms with Gasteiger partial charge in [0.15, 0.2) is 0 Å². The van der Waals surface area contributed by atoms with Gasteiger partial charge in [-0.25, -0.2) is 9.97 Å². The van der Waals surface area contributed by atoms with Gasteiger partial charge in [0, 0.05) is 37.2 Å². The number of hydrogen-bond acceptors (Lipinski definition) is 6. The van der Waals surface area contributed by atoms with E-state index in [0.717, 1.165) is 17.7 Å². The molecule has 0 unspecified atom stereocenters. The van der Waals surface area contributed by atoms with Crippen molar-refractivity contribution in [3.8, 4) is 22.6 Å². The van der Waals surface area contributed by atoms with E-state index in [1.54, 1.807) is 65.4 Å². The summed E-state index contributed by atoms with van der Waals surface area (Å²) >= 11 is 0. The first-order valence-corrected chi connectivity index (χ1v) is 12.1. The van der Waals surface area contributed by atoms with Crippen LogP contribution in [0.25, 0.3) is 22.0 Å². The van der Waals surface area contributed by atoms with Gasteiger partial charge in [0.2, 0.25) is 0 Å². The molecule has 1 N–H and O–H groups in total. The number of carbonyl (C=O) groups is 1. The van der Waals surface area contributed by atoms with Gasteiger partial charge in [0.05, 0.1) is 30.9 Å². The quantitative estimate of drug-likeness (QED) is 0.289. The summed E-state index contributed by atoms with van der Waals surface area (Å²) in [5.74, 6) is 1.72. The second-order valence-electron chi connectivity index (χ2n) is 9.29. The topological polar surface area (TPSA) is 76.6 Å². The van der Waals surface area contributed by atoms with Crippen LogP contribution in [0.1, 0.15) is 40.3 Å². The Balaban J connectivity index is 1.81. The highest BCUT2D eigenvalue weighted by Gasteiger charge is 2.30. The van der Waals surface area contributed by atoms with Crippen LogP contribution in [0.4, 0.5) is 19.0 Å². The van der Waals surface area contributed by atoms with E-state index in [1.165, 1.54) is 18.1 Å². The van der Waals surface area contributed by atoms with E-state index in [2.05, 4.69) is 15.3 Å². The molecule has 1 aromatic heterocycles. The monoisotopic (exact) mass is 538 g/mol. The molecule has 0 aliphatic rings. The van der Waals surface area contributed by atoms with Crippen LogP contribution in [0, 0.1) is 6.92 Å². The number of nitrogens with one attached hydrogen (secondary N) is 1. The third-order valence-electron chi connectivity index (χ3n) is 6.35. The van der Waals surface area contributed by atoms with Crippen LogP contribution < -0.4 is 14.8 Å². The molecule has 3 aromatic carbocycles. The Kier molecular flexibility index (Phi) is 7.67. The third-order valence-corrected chi connectivity index (χ3v) is 6.35.